The first-order chi connectivity index (χ1) is 14.9. The van der Waals surface area contributed by atoms with Gasteiger partial charge in [0.1, 0.15) is 0 Å². The van der Waals surface area contributed by atoms with Gasteiger partial charge in [-0.3, -0.25) is 4.79 Å². The molecule has 31 heavy (non-hydrogen) atoms. The Morgan fingerprint density at radius 3 is 2.74 bits per heavy atom. The summed E-state index contributed by atoms with van der Waals surface area (Å²) in [6.45, 7) is 5.06. The Balaban J connectivity index is 1.49. The Morgan fingerprint density at radius 2 is 2.06 bits per heavy atom. The lowest BCUT2D eigenvalue weighted by molar-refractivity contribution is 0.0540. The highest BCUT2D eigenvalue weighted by molar-refractivity contribution is 6.30. The average Bonchev–Trinajstić information content (AvgIpc) is 3.20. The lowest BCUT2D eigenvalue weighted by Crippen LogP contribution is -2.51. The largest absolute Gasteiger partial charge is 0.366 e. The zero-order valence-corrected chi connectivity index (χ0v) is 18.2. The molecule has 0 saturated carbocycles. The van der Waals surface area contributed by atoms with Gasteiger partial charge in [0.05, 0.1) is 28.6 Å². The van der Waals surface area contributed by atoms with E-state index in [2.05, 4.69) is 27.4 Å². The number of nitrogens with one attached hydrogen (secondary N) is 1. The van der Waals surface area contributed by atoms with E-state index in [1.165, 1.54) is 17.1 Å². The van der Waals surface area contributed by atoms with E-state index in [0.717, 1.165) is 24.2 Å². The molecule has 1 aliphatic rings. The summed E-state index contributed by atoms with van der Waals surface area (Å²) in [5.41, 5.74) is 2.21. The van der Waals surface area contributed by atoms with E-state index in [1.54, 1.807) is 18.3 Å². The Kier molecular flexibility index (Phi) is 6.18. The summed E-state index contributed by atoms with van der Waals surface area (Å²) < 4.78 is 14.1. The van der Waals surface area contributed by atoms with Crippen LogP contribution in [0, 0.1) is 18.7 Å². The minimum absolute atomic E-state index is 0.0426. The molecule has 1 aromatic carbocycles. The van der Waals surface area contributed by atoms with Crippen LogP contribution in [0.4, 0.5) is 10.2 Å². The molecule has 1 saturated heterocycles. The summed E-state index contributed by atoms with van der Waals surface area (Å²) in [5, 5.41) is 11.8. The third-order valence-corrected chi connectivity index (χ3v) is 5.82. The van der Waals surface area contributed by atoms with Crippen LogP contribution in [0.1, 0.15) is 35.8 Å². The van der Waals surface area contributed by atoms with Crippen molar-refractivity contribution in [3.05, 3.63) is 64.8 Å². The van der Waals surface area contributed by atoms with Gasteiger partial charge in [0.25, 0.3) is 5.91 Å². The summed E-state index contributed by atoms with van der Waals surface area (Å²) in [6, 6.07) is 8.40. The maximum absolute atomic E-state index is 14.1. The van der Waals surface area contributed by atoms with Gasteiger partial charge >= 0.3 is 0 Å². The molecule has 0 radical (unpaired) electrons. The van der Waals surface area contributed by atoms with Crippen molar-refractivity contribution >= 4 is 23.3 Å². The van der Waals surface area contributed by atoms with Crippen molar-refractivity contribution in [2.24, 2.45) is 5.92 Å². The molecule has 3 aromatic rings. The number of hydrogen-bond donors (Lipinski definition) is 1. The van der Waals surface area contributed by atoms with Crippen LogP contribution >= 0.6 is 11.6 Å². The standard InChI is InChI=1S/C22H24ClFN6O/c1-14-4-3-9-29(20(14)13-26-21-19(24)10-17(23)12-25-21)22(31)16-5-7-18(8-6-16)30-27-11-15(2)28-30/h5-8,10-12,14,20H,3-4,9,13H2,1-2H3,(H,25,26)/t14-,20-/m1/s1. The van der Waals surface area contributed by atoms with Crippen LogP contribution in [-0.2, 0) is 0 Å². The molecule has 2 atom stereocenters. The van der Waals surface area contributed by atoms with Gasteiger partial charge in [0.15, 0.2) is 11.6 Å². The van der Waals surface area contributed by atoms with Gasteiger partial charge in [0, 0.05) is 24.8 Å². The predicted molar refractivity (Wildman–Crippen MR) is 117 cm³/mol. The molecule has 162 valence electrons. The van der Waals surface area contributed by atoms with Crippen molar-refractivity contribution in [2.75, 3.05) is 18.4 Å². The third kappa shape index (κ3) is 4.69. The molecule has 0 bridgehead atoms. The average molecular weight is 443 g/mol. The van der Waals surface area contributed by atoms with E-state index < -0.39 is 5.82 Å². The number of aromatic nitrogens is 4. The highest BCUT2D eigenvalue weighted by Crippen LogP contribution is 2.26. The first-order valence-electron chi connectivity index (χ1n) is 10.3. The van der Waals surface area contributed by atoms with Gasteiger partial charge in [-0.1, -0.05) is 18.5 Å². The smallest absolute Gasteiger partial charge is 0.254 e. The van der Waals surface area contributed by atoms with Gasteiger partial charge in [-0.2, -0.15) is 15.0 Å². The van der Waals surface area contributed by atoms with Crippen molar-refractivity contribution < 1.29 is 9.18 Å². The lowest BCUT2D eigenvalue weighted by Gasteiger charge is -2.40. The molecule has 9 heteroatoms. The van der Waals surface area contributed by atoms with Crippen LogP contribution < -0.4 is 5.32 Å². The zero-order chi connectivity index (χ0) is 22.0. The summed E-state index contributed by atoms with van der Waals surface area (Å²) in [4.78, 5) is 20.7. The SMILES string of the molecule is Cc1cnn(-c2ccc(C(=O)N3CCC[C@@H](C)[C@H]3CNc3ncc(Cl)cc3F)cc2)n1. The first-order valence-corrected chi connectivity index (χ1v) is 10.7. The minimum atomic E-state index is -0.508. The molecule has 1 amide bonds. The number of benzene rings is 1. The normalized spacial score (nSPS) is 18.8. The number of halogens is 2. The van der Waals surface area contributed by atoms with Crippen LogP contribution in [-0.4, -0.2) is 49.9 Å². The number of pyridine rings is 1. The Hall–Kier alpha value is -3.00. The van der Waals surface area contributed by atoms with E-state index in [4.69, 9.17) is 11.6 Å². The van der Waals surface area contributed by atoms with Crippen molar-refractivity contribution in [2.45, 2.75) is 32.7 Å². The maximum Gasteiger partial charge on any atom is 0.254 e. The van der Waals surface area contributed by atoms with Gasteiger partial charge in [-0.05, 0) is 56.0 Å². The molecule has 4 rings (SSSR count). The second-order valence-electron chi connectivity index (χ2n) is 7.87. The lowest BCUT2D eigenvalue weighted by atomic mass is 9.90. The van der Waals surface area contributed by atoms with Crippen molar-refractivity contribution in [1.82, 2.24) is 24.9 Å². The number of carbonyl (C=O) groups excluding carboxylic acids is 1. The van der Waals surface area contributed by atoms with Crippen LogP contribution in [0.3, 0.4) is 0 Å². The van der Waals surface area contributed by atoms with Gasteiger partial charge in [-0.15, -0.1) is 0 Å². The van der Waals surface area contributed by atoms with E-state index in [9.17, 15) is 9.18 Å². The molecular weight excluding hydrogens is 419 g/mol. The number of piperidine rings is 1. The number of likely N-dealkylation sites (tertiary alicyclic amines) is 1. The fourth-order valence-corrected chi connectivity index (χ4v) is 4.07. The number of nitrogens with zero attached hydrogens (tertiary/aromatic N) is 5. The highest BCUT2D eigenvalue weighted by Gasteiger charge is 2.32. The van der Waals surface area contributed by atoms with Gasteiger partial charge < -0.3 is 10.2 Å². The number of anilines is 1. The highest BCUT2D eigenvalue weighted by atomic mass is 35.5. The molecule has 0 unspecified atom stereocenters. The molecule has 0 spiro atoms. The van der Waals surface area contributed by atoms with E-state index >= 15 is 0 Å². The Labute approximate surface area is 185 Å². The van der Waals surface area contributed by atoms with Gasteiger partial charge in [-0.25, -0.2) is 9.37 Å². The molecule has 1 N–H and O–H groups in total. The van der Waals surface area contributed by atoms with Crippen LogP contribution in [0.25, 0.3) is 5.69 Å². The first kappa shape index (κ1) is 21.2. The van der Waals surface area contributed by atoms with Crippen LogP contribution in [0.2, 0.25) is 5.02 Å². The molecule has 1 aliphatic heterocycles. The molecule has 2 aromatic heterocycles. The summed E-state index contributed by atoms with van der Waals surface area (Å²) in [6.07, 6.45) is 5.03. The van der Waals surface area contributed by atoms with Crippen molar-refractivity contribution in [3.63, 3.8) is 0 Å². The predicted octanol–water partition coefficient (Wildman–Crippen LogP) is 4.12. The second kappa shape index (κ2) is 9.01. The second-order valence-corrected chi connectivity index (χ2v) is 8.31. The van der Waals surface area contributed by atoms with E-state index in [-0.39, 0.29) is 28.7 Å². The zero-order valence-electron chi connectivity index (χ0n) is 17.4. The molecule has 7 nitrogen and oxygen atoms in total. The summed E-state index contributed by atoms with van der Waals surface area (Å²) in [5.74, 6) is -0.136. The molecule has 1 fully saturated rings. The monoisotopic (exact) mass is 442 g/mol. The number of aryl methyl sites for hydroxylation is 1. The van der Waals surface area contributed by atoms with Crippen LogP contribution in [0.5, 0.6) is 0 Å². The van der Waals surface area contributed by atoms with E-state index in [1.807, 2.05) is 24.0 Å². The molecule has 3 heterocycles. The number of carbonyl (C=O) groups is 1. The molecular formula is C22H24ClFN6O. The fourth-order valence-electron chi connectivity index (χ4n) is 3.93. The Morgan fingerprint density at radius 1 is 1.29 bits per heavy atom. The van der Waals surface area contributed by atoms with E-state index in [0.29, 0.717) is 18.7 Å². The Bertz CT molecular complexity index is 1070. The number of hydrogen-bond acceptors (Lipinski definition) is 5. The number of rotatable bonds is 5. The topological polar surface area (TPSA) is 75.9 Å². The van der Waals surface area contributed by atoms with Gasteiger partial charge in [0.2, 0.25) is 0 Å². The maximum atomic E-state index is 14.1. The van der Waals surface area contributed by atoms with Crippen molar-refractivity contribution in [1.29, 1.82) is 0 Å². The fraction of sp³-hybridized carbons (Fsp3) is 0.364. The quantitative estimate of drug-likeness (QED) is 0.643. The summed E-state index contributed by atoms with van der Waals surface area (Å²) in [7, 11) is 0. The van der Waals surface area contributed by atoms with Crippen LogP contribution in [0.15, 0.2) is 42.7 Å². The van der Waals surface area contributed by atoms with Crippen molar-refractivity contribution in [3.8, 4) is 5.69 Å². The summed E-state index contributed by atoms with van der Waals surface area (Å²) >= 11 is 5.78. The number of amides is 1. The minimum Gasteiger partial charge on any atom is -0.366 e. The third-order valence-electron chi connectivity index (χ3n) is 5.61. The molecule has 0 aliphatic carbocycles.